The number of aliphatic hydroxyl groups excluding tert-OH is 4. The second-order valence-corrected chi connectivity index (χ2v) is 27.0. The van der Waals surface area contributed by atoms with Crippen LogP contribution in [0.15, 0.2) is 5.10 Å². The molecule has 4 aliphatic rings. The molecule has 0 aromatic carbocycles. The molecule has 0 spiro atoms. The first-order chi connectivity index (χ1) is 35.9. The number of hydrogen-bond acceptors (Lipinski definition) is 21. The lowest BCUT2D eigenvalue weighted by Crippen LogP contribution is -2.71. The monoisotopic (exact) mass is 1130 g/mol. The van der Waals surface area contributed by atoms with Crippen LogP contribution in [0.5, 0.6) is 0 Å². The second-order valence-electron chi connectivity index (χ2n) is 27.0. The fourth-order valence-electron chi connectivity index (χ4n) is 9.58. The average molecular weight is 1130 g/mol. The van der Waals surface area contributed by atoms with E-state index in [1.54, 1.807) is 116 Å². The number of carbonyl (C=O) groups excluding carboxylic acids is 5. The maximum Gasteiger partial charge on any atom is 0.408 e. The number of amides is 5. The van der Waals surface area contributed by atoms with Gasteiger partial charge in [-0.25, -0.2) is 29.1 Å². The predicted octanol–water partition coefficient (Wildman–Crippen LogP) is 4.13. The van der Waals surface area contributed by atoms with E-state index in [4.69, 9.17) is 47.7 Å². The summed E-state index contributed by atoms with van der Waals surface area (Å²) in [7, 11) is 1.74. The Balaban J connectivity index is 1.83. The Morgan fingerprint density at radius 3 is 1.44 bits per heavy atom. The van der Waals surface area contributed by atoms with Crippen LogP contribution in [0.1, 0.15) is 151 Å². The van der Waals surface area contributed by atoms with E-state index >= 15 is 0 Å². The number of nitrogens with one attached hydrogen (secondary N) is 5. The first-order valence-corrected chi connectivity index (χ1v) is 27.2. The van der Waals surface area contributed by atoms with Gasteiger partial charge in [0.2, 0.25) is 0 Å². The minimum Gasteiger partial charge on any atom is -0.444 e. The van der Waals surface area contributed by atoms with Gasteiger partial charge < -0.3 is 89.6 Å². The molecule has 5 amide bonds. The van der Waals surface area contributed by atoms with Crippen LogP contribution in [-0.4, -0.2) is 207 Å². The van der Waals surface area contributed by atoms with Gasteiger partial charge in [0.05, 0.1) is 42.5 Å². The maximum absolute atomic E-state index is 13.8. The molecule has 0 bridgehead atoms. The van der Waals surface area contributed by atoms with Gasteiger partial charge in [0.25, 0.3) is 0 Å². The fraction of sp³-hybridized carbons (Fsp3) is 0.887. The van der Waals surface area contributed by atoms with Crippen LogP contribution >= 0.6 is 0 Å². The number of nitrogens with zero attached hydrogens (tertiary/aromatic N) is 3. The van der Waals surface area contributed by atoms with E-state index < -0.39 is 144 Å². The van der Waals surface area contributed by atoms with Crippen molar-refractivity contribution in [2.45, 2.75) is 264 Å². The number of hydrazine groups is 1. The van der Waals surface area contributed by atoms with Gasteiger partial charge in [0.1, 0.15) is 70.7 Å². The standard InChI is InChI=1S/C53H96N8O18/c1-27(2)23-53(18,19)34-26-61(60(20)59-34)25-33-36(63)35(58-47(70)79-52(15,16)17)37(64)42(72-33)74-40-29(56-45(68)77-50(9,10)11)21-28(55-44(67)76-49(6,7)8)39(38(40)65)73-41-30(57-46(69)78-51(12,13)14)22-31(62)32(71-41)24-54-43(66)75-48(3,4)5/h27-33,35-42,62-65H,21-26H2,1-20H3,(H,54,66)(H,55,67)(H,56,68)(H,57,69)(H,58,70). The predicted molar refractivity (Wildman–Crippen MR) is 287 cm³/mol. The highest BCUT2D eigenvalue weighted by atomic mass is 16.7. The number of aliphatic hydroxyl groups is 4. The number of alkyl carbamates (subject to hydrolysis) is 5. The summed E-state index contributed by atoms with van der Waals surface area (Å²) in [6.45, 7) is 33.1. The van der Waals surface area contributed by atoms with E-state index in [0.717, 1.165) is 12.1 Å². The zero-order valence-corrected chi connectivity index (χ0v) is 50.2. The van der Waals surface area contributed by atoms with Gasteiger partial charge in [-0.05, 0) is 123 Å². The van der Waals surface area contributed by atoms with Crippen LogP contribution in [0.3, 0.4) is 0 Å². The van der Waals surface area contributed by atoms with Crippen LogP contribution in [0.2, 0.25) is 0 Å². The summed E-state index contributed by atoms with van der Waals surface area (Å²) in [4.78, 5) is 67.2. The number of carbonyl (C=O) groups is 5. The molecule has 0 aromatic heterocycles. The molecule has 456 valence electrons. The van der Waals surface area contributed by atoms with E-state index in [9.17, 15) is 44.4 Å². The van der Waals surface area contributed by atoms with Crippen molar-refractivity contribution in [2.24, 2.45) is 16.4 Å². The zero-order valence-electron chi connectivity index (χ0n) is 50.2. The van der Waals surface area contributed by atoms with Crippen molar-refractivity contribution in [1.82, 2.24) is 36.7 Å². The van der Waals surface area contributed by atoms with Crippen molar-refractivity contribution in [2.75, 3.05) is 26.7 Å². The van der Waals surface area contributed by atoms with Crippen molar-refractivity contribution in [3.8, 4) is 0 Å². The highest BCUT2D eigenvalue weighted by Gasteiger charge is 2.55. The van der Waals surface area contributed by atoms with Gasteiger partial charge in [-0.2, -0.15) is 10.1 Å². The summed E-state index contributed by atoms with van der Waals surface area (Å²) in [5.74, 6) is 0.361. The normalized spacial score (nSPS) is 30.4. The second kappa shape index (κ2) is 26.1. The molecule has 3 aliphatic heterocycles. The Labute approximate surface area is 466 Å². The van der Waals surface area contributed by atoms with Gasteiger partial charge >= 0.3 is 30.5 Å². The van der Waals surface area contributed by atoms with Crippen molar-refractivity contribution < 1.29 is 87.0 Å². The molecule has 0 aromatic rings. The SMILES string of the molecule is CC(C)CC(C)(C)C1=NN(C)N(CC2OC(OC3C(NC(=O)OC(C)(C)C)CC(NC(=O)OC(C)(C)C)C(OC4OC(CNC(=O)OC(C)(C)C)C(O)CC4NC(=O)OC(C)(C)C)C3O)C(O)C(NC(=O)OC(C)(C)C)C2O)C1. The molecule has 79 heavy (non-hydrogen) atoms. The Morgan fingerprint density at radius 2 is 0.987 bits per heavy atom. The molecule has 3 fully saturated rings. The van der Waals surface area contributed by atoms with Crippen molar-refractivity contribution in [3.63, 3.8) is 0 Å². The summed E-state index contributed by atoms with van der Waals surface area (Å²) in [6.07, 6.45) is -20.2. The highest BCUT2D eigenvalue weighted by Crippen LogP contribution is 2.36. The summed E-state index contributed by atoms with van der Waals surface area (Å²) >= 11 is 0. The van der Waals surface area contributed by atoms with E-state index in [2.05, 4.69) is 54.3 Å². The van der Waals surface area contributed by atoms with Crippen LogP contribution in [0, 0.1) is 11.3 Å². The van der Waals surface area contributed by atoms with Crippen molar-refractivity contribution >= 4 is 36.2 Å². The quantitative estimate of drug-likeness (QED) is 0.104. The van der Waals surface area contributed by atoms with E-state index in [1.165, 1.54) is 0 Å². The van der Waals surface area contributed by atoms with E-state index in [1.807, 2.05) is 5.01 Å². The first kappa shape index (κ1) is 67.0. The fourth-order valence-corrected chi connectivity index (χ4v) is 9.58. The zero-order chi connectivity index (χ0) is 60.1. The molecular formula is C53H96N8O18. The van der Waals surface area contributed by atoms with Crippen molar-refractivity contribution in [1.29, 1.82) is 0 Å². The maximum atomic E-state index is 13.8. The number of hydrazone groups is 1. The lowest BCUT2D eigenvalue weighted by Gasteiger charge is -2.50. The Hall–Kier alpha value is -4.54. The van der Waals surface area contributed by atoms with Crippen molar-refractivity contribution in [3.05, 3.63) is 0 Å². The topological polar surface area (TPSA) is 328 Å². The summed E-state index contributed by atoms with van der Waals surface area (Å²) in [5.41, 5.74) is -4.30. The van der Waals surface area contributed by atoms with Gasteiger partial charge in [-0.1, -0.05) is 27.7 Å². The number of hydrogen-bond donors (Lipinski definition) is 9. The minimum atomic E-state index is -1.95. The largest absolute Gasteiger partial charge is 0.444 e. The lowest BCUT2D eigenvalue weighted by molar-refractivity contribution is -0.318. The summed E-state index contributed by atoms with van der Waals surface area (Å²) in [6, 6.07) is -5.36. The van der Waals surface area contributed by atoms with Gasteiger partial charge in [0.15, 0.2) is 12.6 Å². The molecule has 4 rings (SSSR count). The van der Waals surface area contributed by atoms with Crippen LogP contribution in [-0.2, 0) is 42.6 Å². The first-order valence-electron chi connectivity index (χ1n) is 27.2. The van der Waals surface area contributed by atoms with Gasteiger partial charge in [0, 0.05) is 32.0 Å². The highest BCUT2D eigenvalue weighted by molar-refractivity contribution is 5.92. The molecule has 14 unspecified atom stereocenters. The van der Waals surface area contributed by atoms with Gasteiger partial charge in [-0.15, -0.1) is 0 Å². The molecule has 26 heteroatoms. The summed E-state index contributed by atoms with van der Waals surface area (Å²) in [5, 5.41) is 70.2. The molecule has 14 atom stereocenters. The van der Waals surface area contributed by atoms with Crippen LogP contribution in [0.25, 0.3) is 0 Å². The third kappa shape index (κ3) is 21.4. The number of rotatable bonds is 15. The molecule has 1 aliphatic carbocycles. The van der Waals surface area contributed by atoms with E-state index in [-0.39, 0.29) is 31.3 Å². The summed E-state index contributed by atoms with van der Waals surface area (Å²) < 4.78 is 53.9. The van der Waals surface area contributed by atoms with Crippen LogP contribution < -0.4 is 26.6 Å². The molecule has 1 saturated carbocycles. The smallest absolute Gasteiger partial charge is 0.408 e. The third-order valence-electron chi connectivity index (χ3n) is 12.6. The molecular weight excluding hydrogens is 1040 g/mol. The number of ether oxygens (including phenoxy) is 9. The molecule has 9 N–H and O–H groups in total. The molecule has 0 radical (unpaired) electrons. The lowest BCUT2D eigenvalue weighted by atomic mass is 9.79. The molecule has 3 heterocycles. The van der Waals surface area contributed by atoms with E-state index in [0.29, 0.717) is 12.5 Å². The van der Waals surface area contributed by atoms with Crippen LogP contribution in [0.4, 0.5) is 24.0 Å². The molecule has 2 saturated heterocycles. The molecule has 26 nitrogen and oxygen atoms in total. The minimum absolute atomic E-state index is 0.0528. The Kier molecular flexibility index (Phi) is 22.2. The Morgan fingerprint density at radius 1 is 0.570 bits per heavy atom. The van der Waals surface area contributed by atoms with Gasteiger partial charge in [-0.3, -0.25) is 0 Å². The Bertz CT molecular complexity index is 2100. The average Bonchev–Trinajstić information content (AvgIpc) is 3.60. The third-order valence-corrected chi connectivity index (χ3v) is 12.6.